The van der Waals surface area contributed by atoms with Gasteiger partial charge in [-0.1, -0.05) is 0 Å². The zero-order valence-electron chi connectivity index (χ0n) is 13.0. The average Bonchev–Trinajstić information content (AvgIpc) is 2.52. The second-order valence-electron chi connectivity index (χ2n) is 4.69. The molecule has 0 spiro atoms. The summed E-state index contributed by atoms with van der Waals surface area (Å²) in [4.78, 5) is 34.8. The number of benzene rings is 1. The molecule has 1 N–H and O–H groups in total. The fourth-order valence-corrected chi connectivity index (χ4v) is 1.82. The van der Waals surface area contributed by atoms with Crippen LogP contribution < -0.4 is 10.1 Å². The summed E-state index contributed by atoms with van der Waals surface area (Å²) in [6.07, 6.45) is 0.0983. The number of methoxy groups -OCH3 is 1. The molecular formula is C16H21NO5. The van der Waals surface area contributed by atoms with Gasteiger partial charge in [-0.25, -0.2) is 4.79 Å². The summed E-state index contributed by atoms with van der Waals surface area (Å²) in [6.45, 7) is 3.97. The van der Waals surface area contributed by atoms with E-state index < -0.39 is 12.0 Å². The van der Waals surface area contributed by atoms with Crippen molar-refractivity contribution >= 4 is 17.7 Å². The lowest BCUT2D eigenvalue weighted by Crippen LogP contribution is -2.39. The molecule has 1 amide bonds. The molecule has 0 fully saturated rings. The summed E-state index contributed by atoms with van der Waals surface area (Å²) in [6, 6.07) is 6.05. The summed E-state index contributed by atoms with van der Waals surface area (Å²) in [5.74, 6) is -0.323. The number of nitrogens with one attached hydrogen (secondary N) is 1. The summed E-state index contributed by atoms with van der Waals surface area (Å²) < 4.78 is 9.80. The van der Waals surface area contributed by atoms with E-state index in [9.17, 15) is 14.4 Å². The van der Waals surface area contributed by atoms with Gasteiger partial charge in [-0.05, 0) is 38.1 Å². The van der Waals surface area contributed by atoms with Gasteiger partial charge in [0.1, 0.15) is 11.8 Å². The van der Waals surface area contributed by atoms with Crippen molar-refractivity contribution in [1.82, 2.24) is 5.32 Å². The molecule has 0 saturated heterocycles. The van der Waals surface area contributed by atoms with Crippen LogP contribution in [0.3, 0.4) is 0 Å². The van der Waals surface area contributed by atoms with Crippen LogP contribution in [0.2, 0.25) is 0 Å². The Morgan fingerprint density at radius 2 is 1.77 bits per heavy atom. The second-order valence-corrected chi connectivity index (χ2v) is 4.69. The lowest BCUT2D eigenvalue weighted by atomic mass is 10.1. The standard InChI is InChI=1S/C16H21NO5/c1-4-22-13-7-5-12(6-8-13)14(18)9-10-15(19)17-11(2)16(20)21-3/h5-8,11H,4,9-10H2,1-3H3,(H,17,19)/t11-/m0/s1. The van der Waals surface area contributed by atoms with E-state index in [2.05, 4.69) is 10.1 Å². The van der Waals surface area contributed by atoms with E-state index in [0.717, 1.165) is 0 Å². The summed E-state index contributed by atoms with van der Waals surface area (Å²) in [5.41, 5.74) is 0.525. The Kier molecular flexibility index (Phi) is 7.08. The van der Waals surface area contributed by atoms with Crippen molar-refractivity contribution in [3.8, 4) is 5.75 Å². The molecule has 120 valence electrons. The minimum Gasteiger partial charge on any atom is -0.494 e. The molecule has 0 radical (unpaired) electrons. The summed E-state index contributed by atoms with van der Waals surface area (Å²) >= 11 is 0. The van der Waals surface area contributed by atoms with Gasteiger partial charge in [-0.2, -0.15) is 0 Å². The van der Waals surface area contributed by atoms with E-state index in [1.165, 1.54) is 14.0 Å². The highest BCUT2D eigenvalue weighted by Gasteiger charge is 2.16. The molecule has 0 aliphatic rings. The van der Waals surface area contributed by atoms with Gasteiger partial charge in [-0.15, -0.1) is 0 Å². The number of carbonyl (C=O) groups is 3. The predicted molar refractivity (Wildman–Crippen MR) is 80.8 cm³/mol. The highest BCUT2D eigenvalue weighted by molar-refractivity contribution is 5.98. The van der Waals surface area contributed by atoms with Crippen LogP contribution in [0.15, 0.2) is 24.3 Å². The number of ether oxygens (including phenoxy) is 2. The molecule has 0 saturated carbocycles. The SMILES string of the molecule is CCOc1ccc(C(=O)CCC(=O)N[C@@H](C)C(=O)OC)cc1. The van der Waals surface area contributed by atoms with Crippen molar-refractivity contribution in [3.05, 3.63) is 29.8 Å². The number of esters is 1. The smallest absolute Gasteiger partial charge is 0.328 e. The zero-order chi connectivity index (χ0) is 16.5. The van der Waals surface area contributed by atoms with Crippen molar-refractivity contribution in [3.63, 3.8) is 0 Å². The molecule has 0 aliphatic carbocycles. The van der Waals surface area contributed by atoms with Gasteiger partial charge in [0, 0.05) is 18.4 Å². The molecule has 22 heavy (non-hydrogen) atoms. The Balaban J connectivity index is 2.45. The van der Waals surface area contributed by atoms with Gasteiger partial charge >= 0.3 is 5.97 Å². The number of hydrogen-bond donors (Lipinski definition) is 1. The fourth-order valence-electron chi connectivity index (χ4n) is 1.82. The Morgan fingerprint density at radius 1 is 1.14 bits per heavy atom. The minimum atomic E-state index is -0.724. The van der Waals surface area contributed by atoms with E-state index in [0.29, 0.717) is 17.9 Å². The molecule has 1 aromatic rings. The van der Waals surface area contributed by atoms with Crippen LogP contribution in [-0.2, 0) is 14.3 Å². The van der Waals surface area contributed by atoms with Crippen LogP contribution in [0.4, 0.5) is 0 Å². The van der Waals surface area contributed by atoms with Crippen LogP contribution in [0, 0.1) is 0 Å². The average molecular weight is 307 g/mol. The van der Waals surface area contributed by atoms with E-state index >= 15 is 0 Å². The first-order valence-corrected chi connectivity index (χ1v) is 7.11. The highest BCUT2D eigenvalue weighted by atomic mass is 16.5. The Hall–Kier alpha value is -2.37. The third kappa shape index (κ3) is 5.55. The Morgan fingerprint density at radius 3 is 2.32 bits per heavy atom. The predicted octanol–water partition coefficient (Wildman–Crippen LogP) is 1.73. The molecular weight excluding hydrogens is 286 g/mol. The van der Waals surface area contributed by atoms with Gasteiger partial charge in [0.2, 0.25) is 5.91 Å². The second kappa shape index (κ2) is 8.81. The van der Waals surface area contributed by atoms with Crippen molar-refractivity contribution < 1.29 is 23.9 Å². The molecule has 0 heterocycles. The lowest BCUT2D eigenvalue weighted by molar-refractivity contribution is -0.144. The maximum atomic E-state index is 12.0. The van der Waals surface area contributed by atoms with Crippen LogP contribution in [0.1, 0.15) is 37.0 Å². The Bertz CT molecular complexity index is 524. The van der Waals surface area contributed by atoms with Crippen LogP contribution in [0.25, 0.3) is 0 Å². The van der Waals surface area contributed by atoms with Crippen molar-refractivity contribution in [2.75, 3.05) is 13.7 Å². The first kappa shape index (κ1) is 17.7. The number of hydrogen-bond acceptors (Lipinski definition) is 5. The first-order chi connectivity index (χ1) is 10.5. The highest BCUT2D eigenvalue weighted by Crippen LogP contribution is 2.14. The van der Waals surface area contributed by atoms with E-state index in [4.69, 9.17) is 4.74 Å². The molecule has 6 heteroatoms. The third-order valence-corrected chi connectivity index (χ3v) is 3.00. The molecule has 6 nitrogen and oxygen atoms in total. The Labute approximate surface area is 129 Å². The molecule has 0 unspecified atom stereocenters. The van der Waals surface area contributed by atoms with Gasteiger partial charge in [-0.3, -0.25) is 9.59 Å². The van der Waals surface area contributed by atoms with Gasteiger partial charge in [0.15, 0.2) is 5.78 Å². The van der Waals surface area contributed by atoms with Crippen molar-refractivity contribution in [1.29, 1.82) is 0 Å². The van der Waals surface area contributed by atoms with Gasteiger partial charge < -0.3 is 14.8 Å². The number of Topliss-reactive ketones (excluding diaryl/α,β-unsaturated/α-hetero) is 1. The third-order valence-electron chi connectivity index (χ3n) is 3.00. The first-order valence-electron chi connectivity index (χ1n) is 7.11. The maximum absolute atomic E-state index is 12.0. The molecule has 0 aromatic heterocycles. The largest absolute Gasteiger partial charge is 0.494 e. The lowest BCUT2D eigenvalue weighted by Gasteiger charge is -2.11. The fraction of sp³-hybridized carbons (Fsp3) is 0.438. The van der Waals surface area contributed by atoms with Crippen LogP contribution in [-0.4, -0.2) is 37.4 Å². The topological polar surface area (TPSA) is 81.7 Å². The van der Waals surface area contributed by atoms with E-state index in [-0.39, 0.29) is 24.5 Å². The minimum absolute atomic E-state index is 0.0212. The zero-order valence-corrected chi connectivity index (χ0v) is 13.0. The van der Waals surface area contributed by atoms with Crippen LogP contribution in [0.5, 0.6) is 5.75 Å². The number of amides is 1. The quantitative estimate of drug-likeness (QED) is 0.584. The van der Waals surface area contributed by atoms with Crippen LogP contribution >= 0.6 is 0 Å². The molecule has 0 aliphatic heterocycles. The number of rotatable bonds is 8. The van der Waals surface area contributed by atoms with Gasteiger partial charge in [0.25, 0.3) is 0 Å². The molecule has 1 aromatic carbocycles. The van der Waals surface area contributed by atoms with E-state index in [1.54, 1.807) is 24.3 Å². The molecule has 0 bridgehead atoms. The van der Waals surface area contributed by atoms with E-state index in [1.807, 2.05) is 6.92 Å². The van der Waals surface area contributed by atoms with Crippen molar-refractivity contribution in [2.45, 2.75) is 32.7 Å². The number of carbonyl (C=O) groups excluding carboxylic acids is 3. The summed E-state index contributed by atoms with van der Waals surface area (Å²) in [7, 11) is 1.25. The maximum Gasteiger partial charge on any atom is 0.328 e. The normalized spacial score (nSPS) is 11.4. The molecule has 1 atom stereocenters. The monoisotopic (exact) mass is 307 g/mol. The number of ketones is 1. The van der Waals surface area contributed by atoms with Crippen molar-refractivity contribution in [2.24, 2.45) is 0 Å². The molecule has 1 rings (SSSR count). The summed E-state index contributed by atoms with van der Waals surface area (Å²) in [5, 5.41) is 2.48. The van der Waals surface area contributed by atoms with Gasteiger partial charge in [0.05, 0.1) is 13.7 Å².